The molecule has 1 atom stereocenters. The van der Waals surface area contributed by atoms with Crippen molar-refractivity contribution in [2.24, 2.45) is 0 Å². The molecule has 2 aromatic carbocycles. The van der Waals surface area contributed by atoms with Gasteiger partial charge in [-0.05, 0) is 36.2 Å². The minimum atomic E-state index is -0.500. The van der Waals surface area contributed by atoms with Gasteiger partial charge in [0.25, 0.3) is 0 Å². The Morgan fingerprint density at radius 2 is 1.81 bits per heavy atom. The van der Waals surface area contributed by atoms with Crippen molar-refractivity contribution in [1.29, 1.82) is 0 Å². The Bertz CT molecular complexity index is 608. The van der Waals surface area contributed by atoms with Gasteiger partial charge in [-0.2, -0.15) is 0 Å². The molecule has 0 saturated carbocycles. The van der Waals surface area contributed by atoms with Crippen LogP contribution in [0.4, 0.5) is 8.78 Å². The molecular formula is C17H18F2N2. The maximum atomic E-state index is 13.6. The first-order chi connectivity index (χ1) is 10.3. The van der Waals surface area contributed by atoms with Crippen molar-refractivity contribution in [2.45, 2.75) is 19.0 Å². The van der Waals surface area contributed by atoms with Crippen LogP contribution in [0.1, 0.15) is 22.7 Å². The molecule has 0 spiro atoms. The number of benzene rings is 2. The lowest BCUT2D eigenvalue weighted by Gasteiger charge is -2.27. The van der Waals surface area contributed by atoms with Crippen molar-refractivity contribution in [3.8, 4) is 0 Å². The smallest absolute Gasteiger partial charge is 0.130 e. The monoisotopic (exact) mass is 288 g/mol. The van der Waals surface area contributed by atoms with Gasteiger partial charge < -0.3 is 10.6 Å². The molecule has 0 radical (unpaired) electrons. The first kappa shape index (κ1) is 14.2. The quantitative estimate of drug-likeness (QED) is 0.904. The first-order valence-electron chi connectivity index (χ1n) is 7.20. The molecule has 0 amide bonds. The van der Waals surface area contributed by atoms with Crippen LogP contribution in [0.2, 0.25) is 0 Å². The van der Waals surface area contributed by atoms with Gasteiger partial charge in [0.1, 0.15) is 11.6 Å². The van der Waals surface area contributed by atoms with Gasteiger partial charge in [-0.1, -0.05) is 30.3 Å². The molecule has 0 unspecified atom stereocenters. The molecule has 2 aromatic rings. The Kier molecular flexibility index (Phi) is 4.27. The minimum Gasteiger partial charge on any atom is -0.311 e. The maximum absolute atomic E-state index is 13.6. The number of fused-ring (bicyclic) bond motifs is 1. The van der Waals surface area contributed by atoms with Crippen molar-refractivity contribution < 1.29 is 8.78 Å². The molecule has 3 rings (SSSR count). The normalized spacial score (nSPS) is 17.5. The van der Waals surface area contributed by atoms with E-state index in [9.17, 15) is 8.78 Å². The summed E-state index contributed by atoms with van der Waals surface area (Å²) in [6.45, 7) is 1.76. The predicted molar refractivity (Wildman–Crippen MR) is 79.0 cm³/mol. The van der Waals surface area contributed by atoms with Crippen LogP contribution in [0, 0.1) is 11.6 Å². The van der Waals surface area contributed by atoms with Gasteiger partial charge in [-0.15, -0.1) is 0 Å². The Hall–Kier alpha value is -1.78. The topological polar surface area (TPSA) is 24.1 Å². The number of hydrogen-bond acceptors (Lipinski definition) is 2. The highest BCUT2D eigenvalue weighted by Crippen LogP contribution is 2.22. The SMILES string of the molecule is Fc1cccc(F)c1CNC[C@@H]1NCCc2ccccc21. The van der Waals surface area contributed by atoms with Gasteiger partial charge in [0, 0.05) is 24.7 Å². The van der Waals surface area contributed by atoms with Crippen LogP contribution >= 0.6 is 0 Å². The molecule has 1 aliphatic rings. The molecule has 0 saturated heterocycles. The van der Waals surface area contributed by atoms with Gasteiger partial charge in [-0.3, -0.25) is 0 Å². The Morgan fingerprint density at radius 1 is 1.05 bits per heavy atom. The summed E-state index contributed by atoms with van der Waals surface area (Å²) in [6, 6.07) is 12.5. The van der Waals surface area contributed by atoms with E-state index >= 15 is 0 Å². The number of nitrogens with one attached hydrogen (secondary N) is 2. The predicted octanol–water partition coefficient (Wildman–Crippen LogP) is 2.94. The lowest BCUT2D eigenvalue weighted by molar-refractivity contribution is 0.458. The third kappa shape index (κ3) is 3.12. The molecule has 1 heterocycles. The van der Waals surface area contributed by atoms with Gasteiger partial charge in [-0.25, -0.2) is 8.78 Å². The molecule has 2 nitrogen and oxygen atoms in total. The average molecular weight is 288 g/mol. The van der Waals surface area contributed by atoms with Crippen molar-refractivity contribution in [1.82, 2.24) is 10.6 Å². The van der Waals surface area contributed by atoms with Crippen molar-refractivity contribution in [3.05, 3.63) is 70.8 Å². The number of halogens is 2. The Balaban J connectivity index is 1.64. The van der Waals surface area contributed by atoms with Crippen LogP contribution in [0.3, 0.4) is 0 Å². The fourth-order valence-corrected chi connectivity index (χ4v) is 2.82. The van der Waals surface area contributed by atoms with Gasteiger partial charge in [0.15, 0.2) is 0 Å². The summed E-state index contributed by atoms with van der Waals surface area (Å²) in [6.07, 6.45) is 1.02. The second-order valence-electron chi connectivity index (χ2n) is 5.29. The van der Waals surface area contributed by atoms with E-state index in [1.54, 1.807) is 0 Å². The molecule has 21 heavy (non-hydrogen) atoms. The standard InChI is InChI=1S/C17H18F2N2/c18-15-6-3-7-16(19)14(15)10-20-11-17-13-5-2-1-4-12(13)8-9-21-17/h1-7,17,20-21H,8-11H2/t17-/m0/s1. The molecule has 0 aromatic heterocycles. The Labute approximate surface area is 123 Å². The third-order valence-corrected chi connectivity index (χ3v) is 3.93. The largest absolute Gasteiger partial charge is 0.311 e. The molecule has 0 bridgehead atoms. The second-order valence-corrected chi connectivity index (χ2v) is 5.29. The maximum Gasteiger partial charge on any atom is 0.130 e. The second kappa shape index (κ2) is 6.33. The zero-order chi connectivity index (χ0) is 14.7. The lowest BCUT2D eigenvalue weighted by atomic mass is 9.94. The summed E-state index contributed by atoms with van der Waals surface area (Å²) in [5, 5.41) is 6.59. The molecule has 110 valence electrons. The van der Waals surface area contributed by atoms with E-state index in [0.29, 0.717) is 6.54 Å². The molecule has 0 aliphatic carbocycles. The summed E-state index contributed by atoms with van der Waals surface area (Å²) in [7, 11) is 0. The summed E-state index contributed by atoms with van der Waals surface area (Å²) in [4.78, 5) is 0. The van der Waals surface area contributed by atoms with E-state index in [1.165, 1.54) is 29.3 Å². The van der Waals surface area contributed by atoms with Crippen molar-refractivity contribution >= 4 is 0 Å². The van der Waals surface area contributed by atoms with Crippen molar-refractivity contribution in [3.63, 3.8) is 0 Å². The van der Waals surface area contributed by atoms with Crippen LogP contribution < -0.4 is 10.6 Å². The highest BCUT2D eigenvalue weighted by Gasteiger charge is 2.18. The van der Waals surface area contributed by atoms with E-state index in [0.717, 1.165) is 13.0 Å². The zero-order valence-electron chi connectivity index (χ0n) is 11.7. The fourth-order valence-electron chi connectivity index (χ4n) is 2.82. The van der Waals surface area contributed by atoms with Gasteiger partial charge in [0.05, 0.1) is 0 Å². The molecule has 2 N–H and O–H groups in total. The summed E-state index contributed by atoms with van der Waals surface area (Å²) >= 11 is 0. The number of hydrogen-bond donors (Lipinski definition) is 2. The lowest BCUT2D eigenvalue weighted by Crippen LogP contribution is -2.36. The van der Waals surface area contributed by atoms with Gasteiger partial charge in [0.2, 0.25) is 0 Å². The average Bonchev–Trinajstić information content (AvgIpc) is 2.50. The van der Waals surface area contributed by atoms with E-state index in [-0.39, 0.29) is 18.2 Å². The first-order valence-corrected chi connectivity index (χ1v) is 7.20. The summed E-state index contributed by atoms with van der Waals surface area (Å²) in [5.74, 6) is -1.00. The minimum absolute atomic E-state index is 0.0987. The third-order valence-electron chi connectivity index (χ3n) is 3.93. The van der Waals surface area contributed by atoms with Crippen LogP contribution in [0.15, 0.2) is 42.5 Å². The van der Waals surface area contributed by atoms with Crippen LogP contribution in [0.25, 0.3) is 0 Å². The van der Waals surface area contributed by atoms with Crippen LogP contribution in [-0.2, 0) is 13.0 Å². The van der Waals surface area contributed by atoms with E-state index in [4.69, 9.17) is 0 Å². The fraction of sp³-hybridized carbons (Fsp3) is 0.294. The van der Waals surface area contributed by atoms with E-state index in [1.807, 2.05) is 12.1 Å². The number of rotatable bonds is 4. The molecular weight excluding hydrogens is 270 g/mol. The zero-order valence-corrected chi connectivity index (χ0v) is 11.7. The van der Waals surface area contributed by atoms with Gasteiger partial charge >= 0.3 is 0 Å². The van der Waals surface area contributed by atoms with Crippen LogP contribution in [0.5, 0.6) is 0 Å². The van der Waals surface area contributed by atoms with E-state index < -0.39 is 11.6 Å². The van der Waals surface area contributed by atoms with E-state index in [2.05, 4.69) is 22.8 Å². The summed E-state index contributed by atoms with van der Waals surface area (Å²) in [5.41, 5.74) is 2.71. The summed E-state index contributed by atoms with van der Waals surface area (Å²) < 4.78 is 27.1. The van der Waals surface area contributed by atoms with Crippen molar-refractivity contribution in [2.75, 3.05) is 13.1 Å². The molecule has 0 fully saturated rings. The Morgan fingerprint density at radius 3 is 2.62 bits per heavy atom. The molecule has 4 heteroatoms. The van der Waals surface area contributed by atoms with Crippen LogP contribution in [-0.4, -0.2) is 13.1 Å². The highest BCUT2D eigenvalue weighted by atomic mass is 19.1. The highest BCUT2D eigenvalue weighted by molar-refractivity contribution is 5.32. The molecule has 1 aliphatic heterocycles.